The van der Waals surface area contributed by atoms with Crippen LogP contribution in [-0.2, 0) is 11.2 Å². The average Bonchev–Trinajstić information content (AvgIpc) is 3.42. The molecule has 0 spiro atoms. The molecule has 0 fully saturated rings. The summed E-state index contributed by atoms with van der Waals surface area (Å²) >= 11 is 0. The Morgan fingerprint density at radius 2 is 1.97 bits per heavy atom. The topological polar surface area (TPSA) is 122 Å². The second-order valence-corrected chi connectivity index (χ2v) is 6.99. The Morgan fingerprint density at radius 1 is 1.17 bits per heavy atom. The molecule has 0 radical (unpaired) electrons. The zero-order chi connectivity index (χ0) is 20.2. The van der Waals surface area contributed by atoms with E-state index in [4.69, 9.17) is 0 Å². The van der Waals surface area contributed by atoms with E-state index in [1.54, 1.807) is 4.52 Å². The molecule has 4 aromatic rings. The lowest BCUT2D eigenvalue weighted by Gasteiger charge is -2.21. The van der Waals surface area contributed by atoms with E-state index < -0.39 is 11.9 Å². The number of carboxylic acids is 1. The average molecular weight is 391 g/mol. The summed E-state index contributed by atoms with van der Waals surface area (Å²) in [7, 11) is 0. The van der Waals surface area contributed by atoms with E-state index in [1.165, 1.54) is 6.33 Å². The fourth-order valence-electron chi connectivity index (χ4n) is 3.62. The first kappa shape index (κ1) is 18.7. The van der Waals surface area contributed by atoms with Crippen LogP contribution in [0.1, 0.15) is 37.1 Å². The van der Waals surface area contributed by atoms with Crippen LogP contribution in [0.4, 0.5) is 0 Å². The molecule has 2 N–H and O–H groups in total. The smallest absolute Gasteiger partial charge is 0.307 e. The summed E-state index contributed by atoms with van der Waals surface area (Å²) in [6.07, 6.45) is 5.31. The number of pyridine rings is 1. The lowest BCUT2D eigenvalue weighted by Crippen LogP contribution is -2.25. The van der Waals surface area contributed by atoms with Crippen molar-refractivity contribution < 1.29 is 9.90 Å². The summed E-state index contributed by atoms with van der Waals surface area (Å²) in [6.45, 7) is 1.98. The van der Waals surface area contributed by atoms with Gasteiger partial charge in [0.2, 0.25) is 0 Å². The van der Waals surface area contributed by atoms with Crippen LogP contribution in [0.2, 0.25) is 0 Å². The van der Waals surface area contributed by atoms with Crippen LogP contribution in [0.15, 0.2) is 48.9 Å². The van der Waals surface area contributed by atoms with Crippen molar-refractivity contribution in [3.63, 3.8) is 0 Å². The van der Waals surface area contributed by atoms with Gasteiger partial charge in [0.25, 0.3) is 0 Å². The number of tetrazole rings is 1. The van der Waals surface area contributed by atoms with Gasteiger partial charge in [0.05, 0.1) is 5.92 Å². The SMILES string of the molecule is CCC[C@H](C(=O)O)[C@H](Cc1ccc(-c2ccc3ncnn3c2)cc1)c1nn[nH]n1. The maximum Gasteiger partial charge on any atom is 0.307 e. The zero-order valence-corrected chi connectivity index (χ0v) is 15.9. The summed E-state index contributed by atoms with van der Waals surface area (Å²) in [5.74, 6) is -1.30. The molecule has 1 aromatic carbocycles. The molecule has 9 heteroatoms. The quantitative estimate of drug-likeness (QED) is 0.473. The minimum atomic E-state index is -0.834. The van der Waals surface area contributed by atoms with Crippen LogP contribution in [0.25, 0.3) is 16.8 Å². The van der Waals surface area contributed by atoms with E-state index >= 15 is 0 Å². The van der Waals surface area contributed by atoms with Crippen molar-refractivity contribution in [1.82, 2.24) is 35.2 Å². The van der Waals surface area contributed by atoms with E-state index in [1.807, 2.05) is 49.5 Å². The highest BCUT2D eigenvalue weighted by molar-refractivity contribution is 5.71. The Bertz CT molecular complexity index is 1090. The van der Waals surface area contributed by atoms with Gasteiger partial charge in [-0.25, -0.2) is 9.50 Å². The molecule has 0 amide bonds. The fourth-order valence-corrected chi connectivity index (χ4v) is 3.62. The van der Waals surface area contributed by atoms with Crippen LogP contribution in [0, 0.1) is 5.92 Å². The number of carboxylic acid groups (broad SMARTS) is 1. The van der Waals surface area contributed by atoms with Crippen molar-refractivity contribution in [3.8, 4) is 11.1 Å². The van der Waals surface area contributed by atoms with Gasteiger partial charge in [-0.2, -0.15) is 10.3 Å². The van der Waals surface area contributed by atoms with Gasteiger partial charge in [-0.15, -0.1) is 10.2 Å². The molecule has 9 nitrogen and oxygen atoms in total. The first-order valence-corrected chi connectivity index (χ1v) is 9.50. The van der Waals surface area contributed by atoms with Gasteiger partial charge in [0.15, 0.2) is 11.5 Å². The van der Waals surface area contributed by atoms with Crippen LogP contribution in [0.5, 0.6) is 0 Å². The monoisotopic (exact) mass is 391 g/mol. The molecule has 0 aliphatic rings. The predicted octanol–water partition coefficient (Wildman–Crippen LogP) is 2.74. The van der Waals surface area contributed by atoms with E-state index in [-0.39, 0.29) is 5.92 Å². The second-order valence-electron chi connectivity index (χ2n) is 6.99. The van der Waals surface area contributed by atoms with Gasteiger partial charge in [-0.05, 0) is 36.1 Å². The molecule has 29 heavy (non-hydrogen) atoms. The van der Waals surface area contributed by atoms with Gasteiger partial charge in [0, 0.05) is 17.7 Å². The number of fused-ring (bicyclic) bond motifs is 1. The zero-order valence-electron chi connectivity index (χ0n) is 15.9. The van der Waals surface area contributed by atoms with Crippen molar-refractivity contribution in [2.24, 2.45) is 5.92 Å². The Balaban J connectivity index is 1.58. The molecular formula is C20H21N7O2. The number of nitrogens with one attached hydrogen (secondary N) is 1. The number of carbonyl (C=O) groups is 1. The molecule has 0 aliphatic heterocycles. The summed E-state index contributed by atoms with van der Waals surface area (Å²) in [5.41, 5.74) is 3.89. The summed E-state index contributed by atoms with van der Waals surface area (Å²) in [5, 5.41) is 28.1. The molecule has 3 heterocycles. The van der Waals surface area contributed by atoms with Crippen molar-refractivity contribution in [3.05, 3.63) is 60.3 Å². The molecule has 4 rings (SSSR count). The minimum Gasteiger partial charge on any atom is -0.481 e. The number of benzene rings is 1. The Hall–Kier alpha value is -3.62. The van der Waals surface area contributed by atoms with Gasteiger partial charge in [-0.3, -0.25) is 4.79 Å². The Labute approximate surface area is 166 Å². The van der Waals surface area contributed by atoms with Crippen LogP contribution < -0.4 is 0 Å². The first-order chi connectivity index (χ1) is 14.2. The maximum atomic E-state index is 11.8. The molecule has 148 valence electrons. The van der Waals surface area contributed by atoms with Crippen molar-refractivity contribution in [2.75, 3.05) is 0 Å². The summed E-state index contributed by atoms with van der Waals surface area (Å²) < 4.78 is 1.73. The lowest BCUT2D eigenvalue weighted by molar-refractivity contribution is -0.142. The van der Waals surface area contributed by atoms with E-state index in [0.29, 0.717) is 18.7 Å². The standard InChI is InChI=1S/C20H21N7O2/c1-2-3-16(20(28)29)17(19-23-25-26-24-19)10-13-4-6-14(7-5-13)15-8-9-18-21-12-22-27(18)11-15/h4-9,11-12,16-17H,2-3,10H2,1H3,(H,28,29)(H,23,24,25,26)/t16-,17-/m0/s1. The highest BCUT2D eigenvalue weighted by atomic mass is 16.4. The van der Waals surface area contributed by atoms with Gasteiger partial charge in [0.1, 0.15) is 6.33 Å². The summed E-state index contributed by atoms with van der Waals surface area (Å²) in [4.78, 5) is 16.0. The van der Waals surface area contributed by atoms with Crippen LogP contribution >= 0.6 is 0 Å². The third-order valence-corrected chi connectivity index (χ3v) is 5.11. The Kier molecular flexibility index (Phi) is 5.28. The number of aromatic nitrogens is 7. The predicted molar refractivity (Wildman–Crippen MR) is 105 cm³/mol. The number of nitrogens with zero attached hydrogens (tertiary/aromatic N) is 6. The fraction of sp³-hybridized carbons (Fsp3) is 0.300. The number of hydrogen-bond acceptors (Lipinski definition) is 6. The molecule has 0 saturated heterocycles. The molecule has 2 atom stereocenters. The Morgan fingerprint density at radius 3 is 2.66 bits per heavy atom. The first-order valence-electron chi connectivity index (χ1n) is 9.50. The number of rotatable bonds is 8. The molecule has 0 aliphatic carbocycles. The third-order valence-electron chi connectivity index (χ3n) is 5.11. The molecule has 0 saturated carbocycles. The summed E-state index contributed by atoms with van der Waals surface area (Å²) in [6, 6.07) is 12.0. The van der Waals surface area contributed by atoms with Gasteiger partial charge >= 0.3 is 5.97 Å². The maximum absolute atomic E-state index is 11.8. The van der Waals surface area contributed by atoms with Gasteiger partial charge < -0.3 is 5.11 Å². The number of H-pyrrole nitrogens is 1. The van der Waals surface area contributed by atoms with E-state index in [9.17, 15) is 9.90 Å². The molecule has 0 bridgehead atoms. The number of aliphatic carboxylic acids is 1. The largest absolute Gasteiger partial charge is 0.481 e. The van der Waals surface area contributed by atoms with Crippen LogP contribution in [0.3, 0.4) is 0 Å². The highest BCUT2D eigenvalue weighted by Crippen LogP contribution is 2.30. The highest BCUT2D eigenvalue weighted by Gasteiger charge is 2.31. The van der Waals surface area contributed by atoms with Crippen molar-refractivity contribution in [1.29, 1.82) is 0 Å². The number of aromatic amines is 1. The van der Waals surface area contributed by atoms with Crippen molar-refractivity contribution in [2.45, 2.75) is 32.1 Å². The third kappa shape index (κ3) is 3.98. The van der Waals surface area contributed by atoms with Gasteiger partial charge in [-0.1, -0.05) is 42.8 Å². The number of hydrogen-bond donors (Lipinski definition) is 2. The van der Waals surface area contributed by atoms with Crippen molar-refractivity contribution >= 4 is 11.6 Å². The molecule has 0 unspecified atom stereocenters. The molecule has 3 aromatic heterocycles. The van der Waals surface area contributed by atoms with E-state index in [2.05, 4.69) is 30.7 Å². The normalized spacial score (nSPS) is 13.4. The molecular weight excluding hydrogens is 370 g/mol. The van der Waals surface area contributed by atoms with E-state index in [0.717, 1.165) is 28.8 Å². The lowest BCUT2D eigenvalue weighted by atomic mass is 9.83. The second kappa shape index (κ2) is 8.17. The van der Waals surface area contributed by atoms with Crippen LogP contribution in [-0.4, -0.2) is 46.3 Å². The minimum absolute atomic E-state index is 0.344.